The van der Waals surface area contributed by atoms with E-state index in [0.717, 1.165) is 17.5 Å². The van der Waals surface area contributed by atoms with Crippen molar-refractivity contribution in [3.8, 4) is 11.1 Å². The molecule has 0 unspecified atom stereocenters. The summed E-state index contributed by atoms with van der Waals surface area (Å²) < 4.78 is 5.59. The van der Waals surface area contributed by atoms with E-state index in [1.165, 1.54) is 11.1 Å². The van der Waals surface area contributed by atoms with Crippen molar-refractivity contribution in [2.24, 2.45) is 10.8 Å². The SMILES string of the molecule is CC(C)(CNC(=O)C1(CNC(=O)OCC2c3ccccc3-c3ccccc32)CCC1)CC(=O)O. The Morgan fingerprint density at radius 2 is 1.59 bits per heavy atom. The molecule has 2 aliphatic rings. The van der Waals surface area contributed by atoms with E-state index < -0.39 is 22.9 Å². The monoisotopic (exact) mass is 464 g/mol. The van der Waals surface area contributed by atoms with Crippen LogP contribution in [0.3, 0.4) is 0 Å². The number of alkyl carbamates (subject to hydrolysis) is 1. The van der Waals surface area contributed by atoms with Crippen LogP contribution in [0, 0.1) is 10.8 Å². The molecule has 0 heterocycles. The highest BCUT2D eigenvalue weighted by molar-refractivity contribution is 5.84. The highest BCUT2D eigenvalue weighted by Gasteiger charge is 2.44. The number of carboxylic acids is 1. The molecule has 0 spiro atoms. The number of carbonyl (C=O) groups excluding carboxylic acids is 2. The van der Waals surface area contributed by atoms with Crippen molar-refractivity contribution in [3.63, 3.8) is 0 Å². The molecular weight excluding hydrogens is 432 g/mol. The zero-order chi connectivity index (χ0) is 24.3. The van der Waals surface area contributed by atoms with Crippen LogP contribution in [-0.4, -0.2) is 42.8 Å². The maximum Gasteiger partial charge on any atom is 0.407 e. The van der Waals surface area contributed by atoms with E-state index in [2.05, 4.69) is 34.9 Å². The molecule has 4 rings (SSSR count). The number of rotatable bonds is 9. The first-order valence-corrected chi connectivity index (χ1v) is 11.8. The third-order valence-electron chi connectivity index (χ3n) is 7.06. The number of ether oxygens (including phenoxy) is 1. The van der Waals surface area contributed by atoms with E-state index in [1.807, 2.05) is 38.1 Å². The maximum absolute atomic E-state index is 12.9. The normalized spacial score (nSPS) is 16.1. The Kier molecular flexibility index (Phi) is 6.64. The van der Waals surface area contributed by atoms with Crippen molar-refractivity contribution in [2.45, 2.75) is 45.4 Å². The Hall–Kier alpha value is -3.35. The lowest BCUT2D eigenvalue weighted by Gasteiger charge is -2.40. The van der Waals surface area contributed by atoms with E-state index in [1.54, 1.807) is 0 Å². The minimum Gasteiger partial charge on any atom is -0.481 e. The van der Waals surface area contributed by atoms with Gasteiger partial charge in [0.15, 0.2) is 0 Å². The third-order valence-corrected chi connectivity index (χ3v) is 7.06. The van der Waals surface area contributed by atoms with Crippen LogP contribution in [0.25, 0.3) is 11.1 Å². The average molecular weight is 465 g/mol. The fraction of sp³-hybridized carbons (Fsp3) is 0.444. The average Bonchev–Trinajstić information content (AvgIpc) is 3.08. The second-order valence-corrected chi connectivity index (χ2v) is 10.2. The lowest BCUT2D eigenvalue weighted by molar-refractivity contribution is -0.141. The van der Waals surface area contributed by atoms with Crippen LogP contribution < -0.4 is 10.6 Å². The number of aliphatic carboxylic acids is 1. The fourth-order valence-electron chi connectivity index (χ4n) is 4.96. The number of benzene rings is 2. The number of nitrogens with one attached hydrogen (secondary N) is 2. The third kappa shape index (κ3) is 4.93. The highest BCUT2D eigenvalue weighted by Crippen LogP contribution is 2.44. The van der Waals surface area contributed by atoms with Crippen molar-refractivity contribution in [1.29, 1.82) is 0 Å². The molecule has 2 aliphatic carbocycles. The quantitative estimate of drug-likeness (QED) is 0.513. The summed E-state index contributed by atoms with van der Waals surface area (Å²) in [5, 5.41) is 14.7. The van der Waals surface area contributed by atoms with Crippen molar-refractivity contribution < 1.29 is 24.2 Å². The number of amides is 2. The van der Waals surface area contributed by atoms with Gasteiger partial charge in [-0.25, -0.2) is 4.79 Å². The predicted octanol–water partition coefficient (Wildman–Crippen LogP) is 4.31. The Morgan fingerprint density at radius 3 is 2.12 bits per heavy atom. The van der Waals surface area contributed by atoms with Crippen LogP contribution in [0.15, 0.2) is 48.5 Å². The van der Waals surface area contributed by atoms with Gasteiger partial charge in [0.1, 0.15) is 6.61 Å². The zero-order valence-electron chi connectivity index (χ0n) is 19.7. The van der Waals surface area contributed by atoms with Crippen LogP contribution in [0.5, 0.6) is 0 Å². The summed E-state index contributed by atoms with van der Waals surface area (Å²) in [6.45, 7) is 4.32. The van der Waals surface area contributed by atoms with E-state index in [9.17, 15) is 14.4 Å². The van der Waals surface area contributed by atoms with E-state index in [0.29, 0.717) is 12.8 Å². The van der Waals surface area contributed by atoms with Crippen molar-refractivity contribution in [1.82, 2.24) is 10.6 Å². The lowest BCUT2D eigenvalue weighted by atomic mass is 9.68. The molecule has 0 bridgehead atoms. The van der Waals surface area contributed by atoms with Gasteiger partial charge in [-0.3, -0.25) is 9.59 Å². The second-order valence-electron chi connectivity index (χ2n) is 10.2. The number of carboxylic acid groups (broad SMARTS) is 1. The summed E-state index contributed by atoms with van der Waals surface area (Å²) in [7, 11) is 0. The molecule has 2 aromatic rings. The van der Waals surface area contributed by atoms with E-state index >= 15 is 0 Å². The molecule has 0 aliphatic heterocycles. The number of fused-ring (bicyclic) bond motifs is 3. The van der Waals surface area contributed by atoms with Crippen LogP contribution in [-0.2, 0) is 14.3 Å². The lowest BCUT2D eigenvalue weighted by Crippen LogP contribution is -2.53. The first-order valence-electron chi connectivity index (χ1n) is 11.8. The molecule has 0 saturated heterocycles. The Labute approximate surface area is 199 Å². The summed E-state index contributed by atoms with van der Waals surface area (Å²) in [4.78, 5) is 36.4. The van der Waals surface area contributed by atoms with Gasteiger partial charge in [0.05, 0.1) is 11.8 Å². The zero-order valence-corrected chi connectivity index (χ0v) is 19.7. The molecule has 180 valence electrons. The molecule has 34 heavy (non-hydrogen) atoms. The molecule has 0 radical (unpaired) electrons. The van der Waals surface area contributed by atoms with Gasteiger partial charge in [0.25, 0.3) is 0 Å². The summed E-state index contributed by atoms with van der Waals surface area (Å²) in [5.41, 5.74) is 3.43. The first kappa shape index (κ1) is 23.8. The van der Waals surface area contributed by atoms with Crippen LogP contribution in [0.2, 0.25) is 0 Å². The topological polar surface area (TPSA) is 105 Å². The maximum atomic E-state index is 12.9. The molecule has 0 aromatic heterocycles. The van der Waals surface area contributed by atoms with Gasteiger partial charge in [-0.15, -0.1) is 0 Å². The van der Waals surface area contributed by atoms with Crippen molar-refractivity contribution >= 4 is 18.0 Å². The van der Waals surface area contributed by atoms with Crippen molar-refractivity contribution in [2.75, 3.05) is 19.7 Å². The molecular formula is C27H32N2O5. The minimum absolute atomic E-state index is 0.0180. The molecule has 3 N–H and O–H groups in total. The molecule has 1 saturated carbocycles. The van der Waals surface area contributed by atoms with Gasteiger partial charge < -0.3 is 20.5 Å². The molecule has 0 atom stereocenters. The molecule has 7 nitrogen and oxygen atoms in total. The minimum atomic E-state index is -0.894. The Bertz CT molecular complexity index is 1040. The van der Waals surface area contributed by atoms with Gasteiger partial charge in [-0.1, -0.05) is 68.8 Å². The highest BCUT2D eigenvalue weighted by atomic mass is 16.5. The summed E-state index contributed by atoms with van der Waals surface area (Å²) >= 11 is 0. The standard InChI is InChI=1S/C27H32N2O5/c1-26(2,14-23(30)31)16-28-24(32)27(12-7-13-27)17-29-25(33)34-15-22-20-10-5-3-8-18(20)19-9-4-6-11-21(19)22/h3-6,8-11,22H,7,12-17H2,1-2H3,(H,28,32)(H,29,33)(H,30,31). The van der Waals surface area contributed by atoms with Crippen LogP contribution in [0.4, 0.5) is 4.79 Å². The summed E-state index contributed by atoms with van der Waals surface area (Å²) in [6.07, 6.45) is 1.72. The van der Waals surface area contributed by atoms with Gasteiger partial charge in [-0.2, -0.15) is 0 Å². The van der Waals surface area contributed by atoms with Crippen LogP contribution in [0.1, 0.15) is 56.6 Å². The van der Waals surface area contributed by atoms with Gasteiger partial charge in [0, 0.05) is 19.0 Å². The van der Waals surface area contributed by atoms with Gasteiger partial charge in [-0.05, 0) is 40.5 Å². The number of hydrogen-bond donors (Lipinski definition) is 3. The summed E-state index contributed by atoms with van der Waals surface area (Å²) in [6, 6.07) is 16.3. The molecule has 2 aromatic carbocycles. The molecule has 2 amide bonds. The first-order chi connectivity index (χ1) is 16.2. The Balaban J connectivity index is 1.31. The summed E-state index contributed by atoms with van der Waals surface area (Å²) in [5.74, 6) is -1.05. The second kappa shape index (κ2) is 9.49. The smallest absolute Gasteiger partial charge is 0.407 e. The number of carbonyl (C=O) groups is 3. The number of hydrogen-bond acceptors (Lipinski definition) is 4. The Morgan fingerprint density at radius 1 is 1.00 bits per heavy atom. The van der Waals surface area contributed by atoms with Crippen LogP contribution >= 0.6 is 0 Å². The molecule has 1 fully saturated rings. The van der Waals surface area contributed by atoms with Gasteiger partial charge >= 0.3 is 12.1 Å². The fourth-order valence-corrected chi connectivity index (χ4v) is 4.96. The van der Waals surface area contributed by atoms with Gasteiger partial charge in [0.2, 0.25) is 5.91 Å². The van der Waals surface area contributed by atoms with E-state index in [4.69, 9.17) is 9.84 Å². The largest absolute Gasteiger partial charge is 0.481 e. The van der Waals surface area contributed by atoms with Crippen molar-refractivity contribution in [3.05, 3.63) is 59.7 Å². The molecule has 7 heteroatoms. The van der Waals surface area contributed by atoms with E-state index in [-0.39, 0.29) is 37.9 Å². The predicted molar refractivity (Wildman–Crippen MR) is 128 cm³/mol.